The van der Waals surface area contributed by atoms with E-state index in [4.69, 9.17) is 9.47 Å². The van der Waals surface area contributed by atoms with Crippen molar-refractivity contribution in [3.63, 3.8) is 0 Å². The van der Waals surface area contributed by atoms with Crippen molar-refractivity contribution in [2.24, 2.45) is 5.92 Å². The van der Waals surface area contributed by atoms with E-state index in [2.05, 4.69) is 5.32 Å². The molecule has 0 aromatic heterocycles. The first-order chi connectivity index (χ1) is 10.6. The van der Waals surface area contributed by atoms with Gasteiger partial charge < -0.3 is 14.8 Å². The second-order valence-electron chi connectivity index (χ2n) is 5.80. The molecule has 1 aliphatic carbocycles. The number of methoxy groups -OCH3 is 1. The summed E-state index contributed by atoms with van der Waals surface area (Å²) in [4.78, 5) is 12.0. The molecule has 5 nitrogen and oxygen atoms in total. The Kier molecular flexibility index (Phi) is 8.31. The molecule has 0 atom stereocenters. The fraction of sp³-hybridized carbons (Fsp3) is 0.647. The molecule has 1 N–H and O–H groups in total. The lowest BCUT2D eigenvalue weighted by Crippen LogP contribution is -2.19. The highest BCUT2D eigenvalue weighted by atomic mass is 16.5. The maximum Gasteiger partial charge on any atom is 0.349 e. The van der Waals surface area contributed by atoms with Crippen molar-refractivity contribution < 1.29 is 14.3 Å². The van der Waals surface area contributed by atoms with Gasteiger partial charge in [-0.05, 0) is 43.3 Å². The highest BCUT2D eigenvalue weighted by molar-refractivity contribution is 5.94. The largest absolute Gasteiger partial charge is 0.461 e. The molecule has 122 valence electrons. The minimum atomic E-state index is -0.511. The molecule has 0 aliphatic heterocycles. The molecule has 1 rings (SSSR count). The van der Waals surface area contributed by atoms with Crippen LogP contribution < -0.4 is 5.32 Å². The van der Waals surface area contributed by atoms with E-state index < -0.39 is 5.97 Å². The van der Waals surface area contributed by atoms with Crippen LogP contribution >= 0.6 is 0 Å². The highest BCUT2D eigenvalue weighted by Crippen LogP contribution is 2.24. The predicted octanol–water partition coefficient (Wildman–Crippen LogP) is 2.70. The second kappa shape index (κ2) is 10.0. The molecule has 1 aliphatic rings. The summed E-state index contributed by atoms with van der Waals surface area (Å²) in [7, 11) is 1.68. The Morgan fingerprint density at radius 1 is 1.45 bits per heavy atom. The van der Waals surface area contributed by atoms with E-state index in [0.717, 1.165) is 43.5 Å². The lowest BCUT2D eigenvalue weighted by Gasteiger charge is -2.18. The molecule has 22 heavy (non-hydrogen) atoms. The van der Waals surface area contributed by atoms with Crippen LogP contribution in [0.5, 0.6) is 0 Å². The third-order valence-corrected chi connectivity index (χ3v) is 3.30. The maximum absolute atomic E-state index is 12.0. The lowest BCUT2D eigenvalue weighted by molar-refractivity contribution is -0.139. The van der Waals surface area contributed by atoms with Crippen molar-refractivity contribution in [1.82, 2.24) is 5.32 Å². The number of ether oxygens (including phenoxy) is 2. The van der Waals surface area contributed by atoms with Gasteiger partial charge in [0.2, 0.25) is 0 Å². The van der Waals surface area contributed by atoms with Crippen LogP contribution in [0, 0.1) is 17.2 Å². The number of hydrogen-bond acceptors (Lipinski definition) is 5. The highest BCUT2D eigenvalue weighted by Gasteiger charge is 2.19. The number of esters is 1. The number of hydrogen-bond donors (Lipinski definition) is 1. The predicted molar refractivity (Wildman–Crippen MR) is 84.9 cm³/mol. The monoisotopic (exact) mass is 306 g/mol. The van der Waals surface area contributed by atoms with Crippen LogP contribution in [0.2, 0.25) is 0 Å². The molecular weight excluding hydrogens is 280 g/mol. The van der Waals surface area contributed by atoms with Crippen molar-refractivity contribution in [3.05, 3.63) is 22.9 Å². The zero-order chi connectivity index (χ0) is 16.4. The SMILES string of the molecule is COCCCNC1=C/C(=C(\C#N)C(=O)OCC(C)C)CCC1. The van der Waals surface area contributed by atoms with E-state index in [1.165, 1.54) is 0 Å². The molecule has 0 spiro atoms. The van der Waals surface area contributed by atoms with Crippen molar-refractivity contribution in [3.8, 4) is 6.07 Å². The number of carbonyl (C=O) groups is 1. The normalized spacial score (nSPS) is 16.8. The molecule has 0 heterocycles. The number of rotatable bonds is 8. The quantitative estimate of drug-likeness (QED) is 0.323. The van der Waals surface area contributed by atoms with Crippen LogP contribution in [0.1, 0.15) is 39.5 Å². The summed E-state index contributed by atoms with van der Waals surface area (Å²) in [5.41, 5.74) is 1.98. The van der Waals surface area contributed by atoms with Crippen LogP contribution in [-0.4, -0.2) is 32.8 Å². The average Bonchev–Trinajstić information content (AvgIpc) is 2.51. The molecule has 0 amide bonds. The lowest BCUT2D eigenvalue weighted by atomic mass is 9.95. The summed E-state index contributed by atoms with van der Waals surface area (Å²) < 4.78 is 10.2. The zero-order valence-electron chi connectivity index (χ0n) is 13.8. The van der Waals surface area contributed by atoms with E-state index >= 15 is 0 Å². The smallest absolute Gasteiger partial charge is 0.349 e. The Morgan fingerprint density at radius 3 is 2.86 bits per heavy atom. The first-order valence-corrected chi connectivity index (χ1v) is 7.82. The maximum atomic E-state index is 12.0. The van der Waals surface area contributed by atoms with Gasteiger partial charge in [-0.1, -0.05) is 13.8 Å². The van der Waals surface area contributed by atoms with Crippen LogP contribution in [-0.2, 0) is 14.3 Å². The van der Waals surface area contributed by atoms with E-state index in [9.17, 15) is 10.1 Å². The van der Waals surface area contributed by atoms with Crippen molar-refractivity contribution >= 4 is 5.97 Å². The summed E-state index contributed by atoms with van der Waals surface area (Å²) in [5, 5.41) is 12.6. The summed E-state index contributed by atoms with van der Waals surface area (Å²) in [6.45, 7) is 5.81. The summed E-state index contributed by atoms with van der Waals surface area (Å²) in [6.07, 6.45) is 5.46. The second-order valence-corrected chi connectivity index (χ2v) is 5.80. The van der Waals surface area contributed by atoms with Gasteiger partial charge in [-0.3, -0.25) is 0 Å². The van der Waals surface area contributed by atoms with Crippen molar-refractivity contribution in [2.75, 3.05) is 26.9 Å². The molecule has 0 saturated heterocycles. The number of nitriles is 1. The van der Waals surface area contributed by atoms with Gasteiger partial charge >= 0.3 is 5.97 Å². The molecule has 0 unspecified atom stereocenters. The summed E-state index contributed by atoms with van der Waals surface area (Å²) >= 11 is 0. The first kappa shape index (κ1) is 18.2. The number of nitrogens with zero attached hydrogens (tertiary/aromatic N) is 1. The minimum absolute atomic E-state index is 0.136. The van der Waals surface area contributed by atoms with Crippen LogP contribution in [0.3, 0.4) is 0 Å². The van der Waals surface area contributed by atoms with E-state index in [-0.39, 0.29) is 11.5 Å². The Morgan fingerprint density at radius 2 is 2.23 bits per heavy atom. The standard InChI is InChI=1S/C17H26N2O3/c1-13(2)12-22-17(20)16(11-18)14-6-4-7-15(10-14)19-8-5-9-21-3/h10,13,19H,4-9,12H2,1-3H3/b16-14+. The zero-order valence-corrected chi connectivity index (χ0v) is 13.8. The number of allylic oxidation sites excluding steroid dienone is 3. The number of nitrogens with one attached hydrogen (secondary N) is 1. The van der Waals surface area contributed by atoms with Gasteiger partial charge in [-0.2, -0.15) is 5.26 Å². The Bertz CT molecular complexity index is 473. The van der Waals surface area contributed by atoms with Gasteiger partial charge in [0.05, 0.1) is 6.61 Å². The van der Waals surface area contributed by atoms with Crippen LogP contribution in [0.25, 0.3) is 0 Å². The molecule has 0 saturated carbocycles. The van der Waals surface area contributed by atoms with Crippen LogP contribution in [0.15, 0.2) is 22.9 Å². The van der Waals surface area contributed by atoms with Crippen molar-refractivity contribution in [1.29, 1.82) is 5.26 Å². The van der Waals surface area contributed by atoms with E-state index in [0.29, 0.717) is 13.2 Å². The van der Waals surface area contributed by atoms with Crippen LogP contribution in [0.4, 0.5) is 0 Å². The van der Waals surface area contributed by atoms with Gasteiger partial charge in [0.1, 0.15) is 11.6 Å². The van der Waals surface area contributed by atoms with Gasteiger partial charge in [0.15, 0.2) is 0 Å². The first-order valence-electron chi connectivity index (χ1n) is 7.82. The average molecular weight is 306 g/mol. The van der Waals surface area contributed by atoms with E-state index in [1.54, 1.807) is 7.11 Å². The number of carbonyl (C=O) groups excluding carboxylic acids is 1. The molecular formula is C17H26N2O3. The molecule has 0 aromatic rings. The fourth-order valence-electron chi connectivity index (χ4n) is 2.19. The van der Waals surface area contributed by atoms with E-state index in [1.807, 2.05) is 26.0 Å². The molecule has 0 aromatic carbocycles. The third-order valence-electron chi connectivity index (χ3n) is 3.30. The summed E-state index contributed by atoms with van der Waals surface area (Å²) in [6, 6.07) is 2.00. The fourth-order valence-corrected chi connectivity index (χ4v) is 2.19. The Labute approximate surface area is 133 Å². The molecule has 0 fully saturated rings. The van der Waals surface area contributed by atoms with Crippen molar-refractivity contribution in [2.45, 2.75) is 39.5 Å². The topological polar surface area (TPSA) is 71.3 Å². The molecule has 5 heteroatoms. The molecule has 0 radical (unpaired) electrons. The Balaban J connectivity index is 2.72. The van der Waals surface area contributed by atoms with Gasteiger partial charge in [0.25, 0.3) is 0 Å². The van der Waals surface area contributed by atoms with Gasteiger partial charge in [-0.25, -0.2) is 4.79 Å². The Hall–Kier alpha value is -1.80. The minimum Gasteiger partial charge on any atom is -0.461 e. The van der Waals surface area contributed by atoms with Gasteiger partial charge in [-0.15, -0.1) is 0 Å². The molecule has 0 bridgehead atoms. The third kappa shape index (κ3) is 6.31. The van der Waals surface area contributed by atoms with Gasteiger partial charge in [0, 0.05) is 26.0 Å². The summed E-state index contributed by atoms with van der Waals surface area (Å²) in [5.74, 6) is -0.253.